The molecule has 4 rings (SSSR count). The van der Waals surface area contributed by atoms with Gasteiger partial charge in [-0.15, -0.1) is 0 Å². The minimum absolute atomic E-state index is 0.0288. The van der Waals surface area contributed by atoms with Crippen LogP contribution in [0.4, 0.5) is 16.2 Å². The summed E-state index contributed by atoms with van der Waals surface area (Å²) in [6.45, 7) is 3.33. The number of urea groups is 1. The van der Waals surface area contributed by atoms with Crippen LogP contribution >= 0.6 is 0 Å². The van der Waals surface area contributed by atoms with Crippen molar-refractivity contribution >= 4 is 23.3 Å². The minimum Gasteiger partial charge on any atom is -0.336 e. The van der Waals surface area contributed by atoms with E-state index < -0.39 is 5.41 Å². The van der Waals surface area contributed by atoms with E-state index in [1.807, 2.05) is 49.4 Å². The van der Waals surface area contributed by atoms with Crippen LogP contribution in [-0.2, 0) is 10.2 Å². The molecule has 1 saturated carbocycles. The molecule has 1 saturated heterocycles. The Morgan fingerprint density at radius 3 is 2.64 bits per heavy atom. The van der Waals surface area contributed by atoms with Gasteiger partial charge in [0.25, 0.3) is 0 Å². The second-order valence-corrected chi connectivity index (χ2v) is 6.84. The van der Waals surface area contributed by atoms with Crippen molar-refractivity contribution in [1.82, 2.24) is 5.32 Å². The first-order valence-electron chi connectivity index (χ1n) is 8.63. The van der Waals surface area contributed by atoms with Crippen molar-refractivity contribution in [3.8, 4) is 0 Å². The topological polar surface area (TPSA) is 61.4 Å². The molecule has 2 aliphatic rings. The highest BCUT2D eigenvalue weighted by Gasteiger charge is 2.51. The predicted molar refractivity (Wildman–Crippen MR) is 97.9 cm³/mol. The van der Waals surface area contributed by atoms with Crippen LogP contribution in [0.25, 0.3) is 0 Å². The zero-order valence-corrected chi connectivity index (χ0v) is 14.2. The third-order valence-corrected chi connectivity index (χ3v) is 5.03. The molecule has 1 heterocycles. The third kappa shape index (κ3) is 2.86. The summed E-state index contributed by atoms with van der Waals surface area (Å²) in [6, 6.07) is 15.5. The fraction of sp³-hybridized carbons (Fsp3) is 0.300. The highest BCUT2D eigenvalue weighted by atomic mass is 16.2. The van der Waals surface area contributed by atoms with Gasteiger partial charge in [-0.25, -0.2) is 4.79 Å². The molecule has 0 aromatic heterocycles. The van der Waals surface area contributed by atoms with Gasteiger partial charge in [0, 0.05) is 24.5 Å². The fourth-order valence-electron chi connectivity index (χ4n) is 3.43. The Labute approximate surface area is 147 Å². The van der Waals surface area contributed by atoms with Crippen molar-refractivity contribution < 1.29 is 9.59 Å². The molecule has 128 valence electrons. The van der Waals surface area contributed by atoms with E-state index in [1.165, 1.54) is 5.56 Å². The fourth-order valence-corrected chi connectivity index (χ4v) is 3.43. The Morgan fingerprint density at radius 1 is 1.16 bits per heavy atom. The third-order valence-electron chi connectivity index (χ3n) is 5.03. The van der Waals surface area contributed by atoms with Gasteiger partial charge in [-0.05, 0) is 43.5 Å². The number of nitrogens with one attached hydrogen (secondary N) is 2. The summed E-state index contributed by atoms with van der Waals surface area (Å²) in [5.74, 6) is 0.0288. The molecule has 5 nitrogen and oxygen atoms in total. The van der Waals surface area contributed by atoms with E-state index in [1.54, 1.807) is 4.90 Å². The maximum atomic E-state index is 12.9. The second-order valence-electron chi connectivity index (χ2n) is 6.84. The van der Waals surface area contributed by atoms with Gasteiger partial charge in [0.15, 0.2) is 0 Å². The number of benzene rings is 2. The number of carbonyl (C=O) groups excluding carboxylic acids is 2. The number of hydrogen-bond donors (Lipinski definition) is 2. The van der Waals surface area contributed by atoms with Crippen molar-refractivity contribution in [2.45, 2.75) is 25.2 Å². The summed E-state index contributed by atoms with van der Waals surface area (Å²) >= 11 is 0. The van der Waals surface area contributed by atoms with Crippen molar-refractivity contribution in [1.29, 1.82) is 0 Å². The van der Waals surface area contributed by atoms with Crippen LogP contribution in [0, 0.1) is 6.92 Å². The molecule has 1 aliphatic heterocycles. The monoisotopic (exact) mass is 335 g/mol. The molecule has 2 aromatic rings. The minimum atomic E-state index is -0.410. The highest BCUT2D eigenvalue weighted by Crippen LogP contribution is 2.49. The average Bonchev–Trinajstić information content (AvgIpc) is 3.31. The Bertz CT molecular complexity index is 842. The second kappa shape index (κ2) is 5.92. The van der Waals surface area contributed by atoms with Crippen molar-refractivity contribution in [2.75, 3.05) is 23.3 Å². The van der Waals surface area contributed by atoms with Crippen molar-refractivity contribution in [2.24, 2.45) is 0 Å². The number of hydrogen-bond acceptors (Lipinski definition) is 2. The molecular formula is C20H21N3O2. The zero-order chi connectivity index (χ0) is 17.4. The molecule has 0 atom stereocenters. The molecule has 2 aromatic carbocycles. The molecule has 1 aliphatic carbocycles. The van der Waals surface area contributed by atoms with Crippen LogP contribution in [0.2, 0.25) is 0 Å². The molecule has 5 heteroatoms. The quantitative estimate of drug-likeness (QED) is 0.901. The van der Waals surface area contributed by atoms with Crippen LogP contribution < -0.4 is 15.5 Å². The SMILES string of the molecule is Cc1cccc(C2(C(=O)Nc3cccc(N4CCNC4=O)c3)CC2)c1. The maximum absolute atomic E-state index is 12.9. The molecule has 2 fully saturated rings. The van der Waals surface area contributed by atoms with Gasteiger partial charge in [0.1, 0.15) is 0 Å². The van der Waals surface area contributed by atoms with Crippen molar-refractivity contribution in [3.05, 3.63) is 59.7 Å². The van der Waals surface area contributed by atoms with Crippen LogP contribution in [0.5, 0.6) is 0 Å². The lowest BCUT2D eigenvalue weighted by atomic mass is 9.93. The number of nitrogens with zero attached hydrogens (tertiary/aromatic N) is 1. The molecule has 0 spiro atoms. The van der Waals surface area contributed by atoms with E-state index in [9.17, 15) is 9.59 Å². The lowest BCUT2D eigenvalue weighted by molar-refractivity contribution is -0.118. The summed E-state index contributed by atoms with van der Waals surface area (Å²) in [7, 11) is 0. The maximum Gasteiger partial charge on any atom is 0.321 e. The smallest absolute Gasteiger partial charge is 0.321 e. The van der Waals surface area contributed by atoms with Gasteiger partial charge in [0.2, 0.25) is 5.91 Å². The molecule has 2 N–H and O–H groups in total. The van der Waals surface area contributed by atoms with Crippen LogP contribution in [0.1, 0.15) is 24.0 Å². The molecule has 0 bridgehead atoms. The van der Waals surface area contributed by atoms with Crippen LogP contribution in [0.3, 0.4) is 0 Å². The highest BCUT2D eigenvalue weighted by molar-refractivity contribution is 6.02. The standard InChI is InChI=1S/C20H21N3O2/c1-14-4-2-5-15(12-14)20(8-9-20)18(24)22-16-6-3-7-17(13-16)23-11-10-21-19(23)25/h2-7,12-13H,8-11H2,1H3,(H,21,25)(H,22,24). The van der Waals surface area contributed by atoms with E-state index in [-0.39, 0.29) is 11.9 Å². The van der Waals surface area contributed by atoms with Gasteiger partial charge >= 0.3 is 6.03 Å². The Morgan fingerprint density at radius 2 is 1.96 bits per heavy atom. The average molecular weight is 335 g/mol. The Kier molecular flexibility index (Phi) is 3.71. The van der Waals surface area contributed by atoms with E-state index >= 15 is 0 Å². The molecule has 25 heavy (non-hydrogen) atoms. The molecule has 0 unspecified atom stereocenters. The molecular weight excluding hydrogens is 314 g/mol. The van der Waals surface area contributed by atoms with Gasteiger partial charge in [-0.3, -0.25) is 9.69 Å². The van der Waals surface area contributed by atoms with Gasteiger partial charge in [0.05, 0.1) is 5.41 Å². The largest absolute Gasteiger partial charge is 0.336 e. The van der Waals surface area contributed by atoms with Gasteiger partial charge in [-0.2, -0.15) is 0 Å². The van der Waals surface area contributed by atoms with E-state index in [2.05, 4.69) is 16.7 Å². The summed E-state index contributed by atoms with van der Waals surface area (Å²) < 4.78 is 0. The number of rotatable bonds is 4. The lowest BCUT2D eigenvalue weighted by Gasteiger charge is -2.18. The van der Waals surface area contributed by atoms with Crippen molar-refractivity contribution in [3.63, 3.8) is 0 Å². The first-order chi connectivity index (χ1) is 12.1. The van der Waals surface area contributed by atoms with E-state index in [0.717, 1.165) is 29.8 Å². The summed E-state index contributed by atoms with van der Waals surface area (Å²) in [4.78, 5) is 26.4. The van der Waals surface area contributed by atoms with E-state index in [0.29, 0.717) is 13.1 Å². The summed E-state index contributed by atoms with van der Waals surface area (Å²) in [6.07, 6.45) is 1.74. The summed E-state index contributed by atoms with van der Waals surface area (Å²) in [5.41, 5.74) is 3.36. The lowest BCUT2D eigenvalue weighted by Crippen LogP contribution is -2.29. The Balaban J connectivity index is 1.54. The number of carbonyl (C=O) groups is 2. The number of aryl methyl sites for hydroxylation is 1. The number of amides is 3. The van der Waals surface area contributed by atoms with Gasteiger partial charge < -0.3 is 10.6 Å². The number of anilines is 2. The molecule has 3 amide bonds. The predicted octanol–water partition coefficient (Wildman–Crippen LogP) is 3.19. The normalized spacial score (nSPS) is 18.0. The van der Waals surface area contributed by atoms with Crippen LogP contribution in [0.15, 0.2) is 48.5 Å². The van der Waals surface area contributed by atoms with E-state index in [4.69, 9.17) is 0 Å². The van der Waals surface area contributed by atoms with Gasteiger partial charge in [-0.1, -0.05) is 35.9 Å². The van der Waals surface area contributed by atoms with Crippen LogP contribution in [-0.4, -0.2) is 25.0 Å². The summed E-state index contributed by atoms with van der Waals surface area (Å²) in [5, 5.41) is 5.83. The Hall–Kier alpha value is -2.82. The zero-order valence-electron chi connectivity index (χ0n) is 14.2. The first-order valence-corrected chi connectivity index (χ1v) is 8.63. The molecule has 0 radical (unpaired) electrons. The first kappa shape index (κ1) is 15.7.